The quantitative estimate of drug-likeness (QED) is 0.421. The van der Waals surface area contributed by atoms with Crippen molar-refractivity contribution in [1.82, 2.24) is 0 Å². The second kappa shape index (κ2) is 15.6. The molecule has 0 bridgehead atoms. The Balaban J connectivity index is 0. The fraction of sp³-hybridized carbons (Fsp3) is 1.00. The molecule has 0 nitrogen and oxygen atoms in total. The molecule has 0 unspecified atom stereocenters. The van der Waals surface area contributed by atoms with Crippen LogP contribution in [0.2, 0.25) is 13.1 Å². The summed E-state index contributed by atoms with van der Waals surface area (Å²) in [6, 6.07) is 0. The zero-order chi connectivity index (χ0) is 6.83. The van der Waals surface area contributed by atoms with Crippen molar-refractivity contribution in [3.8, 4) is 0 Å². The van der Waals surface area contributed by atoms with Crippen LogP contribution in [-0.2, 0) is 0 Å². The molecule has 0 rings (SSSR count). The molecule has 0 heterocycles. The highest BCUT2D eigenvalue weighted by Crippen LogP contribution is 1.86. The van der Waals surface area contributed by atoms with Gasteiger partial charge in [-0.3, -0.25) is 0 Å². The van der Waals surface area contributed by atoms with E-state index in [1.807, 2.05) is 0 Å². The van der Waals surface area contributed by atoms with Gasteiger partial charge >= 0.3 is 0 Å². The van der Waals surface area contributed by atoms with E-state index in [0.717, 1.165) is 12.3 Å². The van der Waals surface area contributed by atoms with Gasteiger partial charge in [0.05, 0.1) is 0 Å². The van der Waals surface area contributed by atoms with Gasteiger partial charge in [-0.1, -0.05) is 26.4 Å². The summed E-state index contributed by atoms with van der Waals surface area (Å²) in [4.78, 5) is 0. The van der Waals surface area contributed by atoms with Gasteiger partial charge in [0.15, 0.2) is 0 Å². The maximum Gasteiger partial charge on any atom is 0.0223 e. The monoisotopic (exact) mass is 152 g/mol. The van der Waals surface area contributed by atoms with Crippen molar-refractivity contribution in [1.29, 1.82) is 0 Å². The molecule has 0 aromatic carbocycles. The third-order valence-electron chi connectivity index (χ3n) is 0.487. The Kier molecular flexibility index (Phi) is 22.1. The maximum absolute atomic E-state index is 5.30. The average molecular weight is 153 g/mol. The van der Waals surface area contributed by atoms with E-state index in [1.54, 1.807) is 0 Å². The smallest absolute Gasteiger partial charge is 0.0223 e. The Morgan fingerprint density at radius 1 is 1.38 bits per heavy atom. The Morgan fingerprint density at radius 3 is 1.75 bits per heavy atom. The fourth-order valence-corrected chi connectivity index (χ4v) is 0.401. The lowest BCUT2D eigenvalue weighted by Crippen LogP contribution is -1.65. The van der Waals surface area contributed by atoms with Crippen molar-refractivity contribution < 1.29 is 0 Å². The van der Waals surface area contributed by atoms with Crippen molar-refractivity contribution in [2.75, 3.05) is 5.88 Å². The SMILES string of the molecule is CCCCCl.C[SiH2]C. The van der Waals surface area contributed by atoms with E-state index >= 15 is 0 Å². The summed E-state index contributed by atoms with van der Waals surface area (Å²) in [5.41, 5.74) is 0. The molecule has 8 heavy (non-hydrogen) atoms. The van der Waals surface area contributed by atoms with Gasteiger partial charge in [-0.2, -0.15) is 0 Å². The molecule has 0 aromatic heterocycles. The number of unbranched alkanes of at least 4 members (excludes halogenated alkanes) is 1. The highest BCUT2D eigenvalue weighted by molar-refractivity contribution is 6.31. The predicted molar refractivity (Wildman–Crippen MR) is 45.9 cm³/mol. The molecule has 0 spiro atoms. The van der Waals surface area contributed by atoms with E-state index in [1.165, 1.54) is 6.42 Å². The number of alkyl halides is 1. The molecular weight excluding hydrogens is 136 g/mol. The standard InChI is InChI=1S/C4H9Cl.C2H8Si/c1-2-3-4-5;1-3-2/h2-4H2,1H3;3H2,1-2H3. The van der Waals surface area contributed by atoms with E-state index in [4.69, 9.17) is 11.6 Å². The summed E-state index contributed by atoms with van der Waals surface area (Å²) in [5, 5.41) is 0. The highest BCUT2D eigenvalue weighted by Gasteiger charge is 1.70. The summed E-state index contributed by atoms with van der Waals surface area (Å²) in [7, 11) is 0.417. The average Bonchev–Trinajstić information content (AvgIpc) is 1.71. The first-order valence-corrected chi connectivity index (χ1v) is 6.75. The van der Waals surface area contributed by atoms with Crippen LogP contribution in [0.25, 0.3) is 0 Å². The summed E-state index contributed by atoms with van der Waals surface area (Å²) >= 11 is 5.30. The van der Waals surface area contributed by atoms with E-state index < -0.39 is 0 Å². The van der Waals surface area contributed by atoms with E-state index in [-0.39, 0.29) is 0 Å². The largest absolute Gasteiger partial charge is 0.127 e. The molecule has 0 aliphatic carbocycles. The lowest BCUT2D eigenvalue weighted by Gasteiger charge is -1.77. The highest BCUT2D eigenvalue weighted by atomic mass is 35.5. The lowest BCUT2D eigenvalue weighted by atomic mass is 10.4. The van der Waals surface area contributed by atoms with Crippen LogP contribution >= 0.6 is 11.6 Å². The van der Waals surface area contributed by atoms with Crippen molar-refractivity contribution in [3.63, 3.8) is 0 Å². The van der Waals surface area contributed by atoms with Crippen LogP contribution in [0.5, 0.6) is 0 Å². The van der Waals surface area contributed by atoms with Gasteiger partial charge in [0.1, 0.15) is 0 Å². The zero-order valence-electron chi connectivity index (χ0n) is 6.21. The summed E-state index contributed by atoms with van der Waals surface area (Å²) in [5.74, 6) is 0.816. The Bertz CT molecular complexity index is 22.5. The molecule has 0 aromatic rings. The second-order valence-corrected chi connectivity index (χ2v) is 3.54. The topological polar surface area (TPSA) is 0 Å². The van der Waals surface area contributed by atoms with Crippen LogP contribution in [0.3, 0.4) is 0 Å². The second-order valence-electron chi connectivity index (χ2n) is 1.75. The van der Waals surface area contributed by atoms with Crippen molar-refractivity contribution in [2.45, 2.75) is 32.9 Å². The third kappa shape index (κ3) is 31.4. The van der Waals surface area contributed by atoms with Gasteiger partial charge < -0.3 is 0 Å². The van der Waals surface area contributed by atoms with E-state index in [9.17, 15) is 0 Å². The Morgan fingerprint density at radius 2 is 1.75 bits per heavy atom. The van der Waals surface area contributed by atoms with Crippen LogP contribution in [0.1, 0.15) is 19.8 Å². The Hall–Kier alpha value is 0.507. The first-order chi connectivity index (χ1) is 3.83. The third-order valence-corrected chi connectivity index (χ3v) is 0.754. The van der Waals surface area contributed by atoms with Crippen molar-refractivity contribution >= 4 is 21.1 Å². The molecule has 0 aliphatic heterocycles. The van der Waals surface area contributed by atoms with Gasteiger partial charge in [0.25, 0.3) is 0 Å². The van der Waals surface area contributed by atoms with Gasteiger partial charge in [0, 0.05) is 15.4 Å². The number of halogens is 1. The molecule has 0 saturated carbocycles. The van der Waals surface area contributed by atoms with E-state index in [2.05, 4.69) is 20.0 Å². The first kappa shape index (κ1) is 11.3. The number of rotatable bonds is 2. The number of hydrogen-bond donors (Lipinski definition) is 0. The van der Waals surface area contributed by atoms with Crippen molar-refractivity contribution in [3.05, 3.63) is 0 Å². The predicted octanol–water partition coefficient (Wildman–Crippen LogP) is 2.28. The fourth-order valence-electron chi connectivity index (χ4n) is 0.134. The van der Waals surface area contributed by atoms with Gasteiger partial charge in [-0.15, -0.1) is 11.6 Å². The van der Waals surface area contributed by atoms with Crippen LogP contribution < -0.4 is 0 Å². The molecule has 52 valence electrons. The molecular formula is C6H17ClSi. The van der Waals surface area contributed by atoms with Crippen LogP contribution in [0.4, 0.5) is 0 Å². The molecule has 0 saturated heterocycles. The minimum atomic E-state index is 0.417. The minimum absolute atomic E-state index is 0.417. The summed E-state index contributed by atoms with van der Waals surface area (Å²) < 4.78 is 0. The van der Waals surface area contributed by atoms with Gasteiger partial charge in [-0.05, 0) is 6.42 Å². The molecule has 0 fully saturated rings. The van der Waals surface area contributed by atoms with Crippen LogP contribution in [-0.4, -0.2) is 15.4 Å². The molecule has 0 amide bonds. The molecule has 0 N–H and O–H groups in total. The number of hydrogen-bond acceptors (Lipinski definition) is 0. The van der Waals surface area contributed by atoms with Crippen LogP contribution in [0.15, 0.2) is 0 Å². The van der Waals surface area contributed by atoms with Crippen LogP contribution in [0, 0.1) is 0 Å². The van der Waals surface area contributed by atoms with E-state index in [0.29, 0.717) is 9.52 Å². The normalized spacial score (nSPS) is 7.50. The molecule has 0 atom stereocenters. The summed E-state index contributed by atoms with van der Waals surface area (Å²) in [6.07, 6.45) is 2.37. The minimum Gasteiger partial charge on any atom is -0.127 e. The zero-order valence-corrected chi connectivity index (χ0v) is 8.38. The van der Waals surface area contributed by atoms with Crippen molar-refractivity contribution in [2.24, 2.45) is 0 Å². The van der Waals surface area contributed by atoms with Gasteiger partial charge in [-0.25, -0.2) is 0 Å². The summed E-state index contributed by atoms with van der Waals surface area (Å²) in [6.45, 7) is 6.66. The first-order valence-electron chi connectivity index (χ1n) is 3.39. The molecule has 0 radical (unpaired) electrons. The molecule has 2 heteroatoms. The Labute approximate surface area is 60.4 Å². The van der Waals surface area contributed by atoms with Gasteiger partial charge in [0.2, 0.25) is 0 Å². The maximum atomic E-state index is 5.30. The molecule has 0 aliphatic rings. The lowest BCUT2D eigenvalue weighted by molar-refractivity contribution is 0.892.